The Hall–Kier alpha value is -3.16. The van der Waals surface area contributed by atoms with Gasteiger partial charge in [0.05, 0.1) is 0 Å². The number of carbonyl (C=O) groups is 2. The molecule has 1 fully saturated rings. The molecular formula is C28H40N4O4. The Labute approximate surface area is 214 Å². The maximum absolute atomic E-state index is 12.1. The number of rotatable bonds is 13. The van der Waals surface area contributed by atoms with Gasteiger partial charge in [0.25, 0.3) is 0 Å². The first-order valence-corrected chi connectivity index (χ1v) is 13.1. The number of nitrogens with two attached hydrogens (primary N) is 1. The number of benzene rings is 1. The third-order valence-electron chi connectivity index (χ3n) is 6.85. The number of nitrogens with zero attached hydrogens (tertiary/aromatic N) is 2. The molecule has 196 valence electrons. The van der Waals surface area contributed by atoms with Crippen molar-refractivity contribution in [3.05, 3.63) is 41.2 Å². The van der Waals surface area contributed by atoms with Crippen molar-refractivity contribution in [1.82, 2.24) is 9.97 Å². The van der Waals surface area contributed by atoms with Gasteiger partial charge in [0.15, 0.2) is 5.78 Å². The fraction of sp³-hybridized carbons (Fsp3) is 0.571. The van der Waals surface area contributed by atoms with E-state index < -0.39 is 5.97 Å². The molecule has 1 aliphatic rings. The van der Waals surface area contributed by atoms with E-state index in [4.69, 9.17) is 15.6 Å². The van der Waals surface area contributed by atoms with E-state index in [9.17, 15) is 9.59 Å². The lowest BCUT2D eigenvalue weighted by Crippen LogP contribution is -2.17. The molecule has 1 aromatic carbocycles. The minimum absolute atomic E-state index is 0.174. The van der Waals surface area contributed by atoms with Gasteiger partial charge in [-0.05, 0) is 74.5 Å². The van der Waals surface area contributed by atoms with Gasteiger partial charge in [-0.1, -0.05) is 32.4 Å². The van der Waals surface area contributed by atoms with E-state index in [-0.39, 0.29) is 29.5 Å². The predicted octanol–water partition coefficient (Wildman–Crippen LogP) is 5.48. The molecule has 1 heterocycles. The van der Waals surface area contributed by atoms with Crippen LogP contribution in [0.2, 0.25) is 0 Å². The topological polar surface area (TPSA) is 127 Å². The first-order valence-electron chi connectivity index (χ1n) is 13.1. The van der Waals surface area contributed by atoms with Crippen LogP contribution in [0.25, 0.3) is 0 Å². The summed E-state index contributed by atoms with van der Waals surface area (Å²) in [5.74, 6) is 1.54. The second-order valence-corrected chi connectivity index (χ2v) is 10.3. The third-order valence-corrected chi connectivity index (χ3v) is 6.85. The molecule has 1 aromatic heterocycles. The number of nitrogen functional groups attached to an aromatic ring is 1. The highest BCUT2D eigenvalue weighted by molar-refractivity contribution is 6.00. The molecule has 0 unspecified atom stereocenters. The number of carbonyl (C=O) groups excluding carboxylic acids is 1. The minimum Gasteiger partial charge on any atom is -0.481 e. The molecule has 0 spiro atoms. The van der Waals surface area contributed by atoms with Gasteiger partial charge in [-0.3, -0.25) is 9.59 Å². The average Bonchev–Trinajstić information content (AvgIpc) is 2.82. The highest BCUT2D eigenvalue weighted by atomic mass is 16.5. The Morgan fingerprint density at radius 3 is 2.44 bits per heavy atom. The van der Waals surface area contributed by atoms with Crippen LogP contribution in [-0.2, 0) is 11.2 Å². The second-order valence-electron chi connectivity index (χ2n) is 10.3. The summed E-state index contributed by atoms with van der Waals surface area (Å²) in [5.41, 5.74) is 8.60. The molecule has 4 N–H and O–H groups in total. The van der Waals surface area contributed by atoms with E-state index in [1.807, 2.05) is 0 Å². The van der Waals surface area contributed by atoms with Crippen LogP contribution in [0, 0.1) is 11.8 Å². The smallest absolute Gasteiger partial charge is 0.303 e. The van der Waals surface area contributed by atoms with Crippen molar-refractivity contribution < 1.29 is 19.4 Å². The van der Waals surface area contributed by atoms with E-state index >= 15 is 0 Å². The summed E-state index contributed by atoms with van der Waals surface area (Å²) in [4.78, 5) is 31.8. The molecule has 8 nitrogen and oxygen atoms in total. The molecular weight excluding hydrogens is 456 g/mol. The van der Waals surface area contributed by atoms with Crippen molar-refractivity contribution >= 4 is 23.3 Å². The van der Waals surface area contributed by atoms with Gasteiger partial charge >= 0.3 is 5.97 Å². The summed E-state index contributed by atoms with van der Waals surface area (Å²) in [6, 6.07) is 8.42. The Morgan fingerprint density at radius 2 is 1.83 bits per heavy atom. The lowest BCUT2D eigenvalue weighted by molar-refractivity contribution is -0.138. The predicted molar refractivity (Wildman–Crippen MR) is 142 cm³/mol. The third kappa shape index (κ3) is 8.21. The van der Waals surface area contributed by atoms with Gasteiger partial charge in [0.2, 0.25) is 5.88 Å². The molecule has 36 heavy (non-hydrogen) atoms. The van der Waals surface area contributed by atoms with Gasteiger partial charge < -0.3 is 20.9 Å². The van der Waals surface area contributed by atoms with Crippen molar-refractivity contribution in [2.75, 3.05) is 24.2 Å². The molecule has 8 heteroatoms. The van der Waals surface area contributed by atoms with Crippen LogP contribution in [0.1, 0.15) is 93.4 Å². The fourth-order valence-electron chi connectivity index (χ4n) is 4.88. The van der Waals surface area contributed by atoms with Crippen LogP contribution in [-0.4, -0.2) is 40.0 Å². The molecule has 2 aromatic rings. The van der Waals surface area contributed by atoms with Crippen LogP contribution < -0.4 is 15.8 Å². The van der Waals surface area contributed by atoms with Crippen LogP contribution in [0.15, 0.2) is 24.3 Å². The van der Waals surface area contributed by atoms with Gasteiger partial charge in [0.1, 0.15) is 23.8 Å². The number of carboxylic acids is 1. The van der Waals surface area contributed by atoms with Crippen LogP contribution in [0.3, 0.4) is 0 Å². The number of hydrogen-bond acceptors (Lipinski definition) is 7. The van der Waals surface area contributed by atoms with Gasteiger partial charge in [-0.25, -0.2) is 4.98 Å². The number of hydrogen-bond donors (Lipinski definition) is 3. The summed E-state index contributed by atoms with van der Waals surface area (Å²) in [6.07, 6.45) is 7.04. The Morgan fingerprint density at radius 1 is 1.14 bits per heavy atom. The van der Waals surface area contributed by atoms with Gasteiger partial charge in [0, 0.05) is 25.1 Å². The van der Waals surface area contributed by atoms with Crippen molar-refractivity contribution in [1.29, 1.82) is 0 Å². The summed E-state index contributed by atoms with van der Waals surface area (Å²) in [7, 11) is 0. The van der Waals surface area contributed by atoms with E-state index in [0.717, 1.165) is 44.2 Å². The molecule has 1 saturated carbocycles. The fourth-order valence-corrected chi connectivity index (χ4v) is 4.88. The molecule has 0 bridgehead atoms. The highest BCUT2D eigenvalue weighted by Crippen LogP contribution is 2.37. The van der Waals surface area contributed by atoms with E-state index in [1.165, 1.54) is 12.5 Å². The summed E-state index contributed by atoms with van der Waals surface area (Å²) in [6.45, 7) is 6.68. The summed E-state index contributed by atoms with van der Waals surface area (Å²) < 4.78 is 5.87. The van der Waals surface area contributed by atoms with Crippen molar-refractivity contribution in [3.63, 3.8) is 0 Å². The van der Waals surface area contributed by atoms with Gasteiger partial charge in [-0.15, -0.1) is 0 Å². The lowest BCUT2D eigenvalue weighted by atomic mass is 9.77. The number of aliphatic carboxylic acids is 1. The lowest BCUT2D eigenvalue weighted by Gasteiger charge is -2.28. The maximum atomic E-state index is 12.1. The number of anilines is 2. The van der Waals surface area contributed by atoms with Crippen molar-refractivity contribution in [2.24, 2.45) is 11.8 Å². The number of aryl methyl sites for hydroxylation is 1. The molecule has 1 aliphatic carbocycles. The van der Waals surface area contributed by atoms with Crippen LogP contribution in [0.4, 0.5) is 11.5 Å². The van der Waals surface area contributed by atoms with Crippen LogP contribution in [0.5, 0.6) is 5.88 Å². The summed E-state index contributed by atoms with van der Waals surface area (Å²) >= 11 is 0. The molecule has 0 amide bonds. The van der Waals surface area contributed by atoms with Crippen molar-refractivity contribution in [3.8, 4) is 5.88 Å². The summed E-state index contributed by atoms with van der Waals surface area (Å²) in [5, 5.41) is 12.3. The van der Waals surface area contributed by atoms with Gasteiger partial charge in [-0.2, -0.15) is 4.98 Å². The zero-order valence-corrected chi connectivity index (χ0v) is 21.8. The number of ketones is 1. The monoisotopic (exact) mass is 496 g/mol. The number of aromatic nitrogens is 2. The number of carboxylic acid groups (broad SMARTS) is 1. The highest BCUT2D eigenvalue weighted by Gasteiger charge is 2.24. The molecule has 0 aliphatic heterocycles. The van der Waals surface area contributed by atoms with Crippen LogP contribution >= 0.6 is 0 Å². The van der Waals surface area contributed by atoms with E-state index in [0.29, 0.717) is 43.2 Å². The normalized spacial score (nSPS) is 17.7. The number of ether oxygens (including phenoxy) is 1. The van der Waals surface area contributed by atoms with Crippen molar-refractivity contribution in [2.45, 2.75) is 78.1 Å². The minimum atomic E-state index is -0.694. The molecule has 0 radical (unpaired) electrons. The Kier molecular flexibility index (Phi) is 10.1. The molecule has 0 saturated heterocycles. The standard InChI is InChI=1S/C28H40N4O4/c1-18(2)5-4-6-24-31-27(29)26(19(3)33)28(32-24)36-16-15-30-23-13-11-22(12-14-23)21-9-7-20(8-10-21)17-25(34)35/h11-14,18,20-21,30H,4-10,15-17H2,1-3H3,(H,34,35)(H2,29,31,32). The maximum Gasteiger partial charge on any atom is 0.303 e. The van der Waals surface area contributed by atoms with E-state index in [1.54, 1.807) is 0 Å². The quantitative estimate of drug-likeness (QED) is 0.246. The molecule has 0 atom stereocenters. The first kappa shape index (κ1) is 27.4. The zero-order chi connectivity index (χ0) is 26.1. The Balaban J connectivity index is 1.50. The number of Topliss-reactive ketones (excluding diaryl/α,β-unsaturated/α-hetero) is 1. The average molecular weight is 497 g/mol. The first-order chi connectivity index (χ1) is 17.2. The SMILES string of the molecule is CC(=O)c1c(N)nc(CCCC(C)C)nc1OCCNc1ccc(C2CCC(CC(=O)O)CC2)cc1. The molecule has 3 rings (SSSR count). The second kappa shape index (κ2) is 13.2. The Bertz CT molecular complexity index is 1010. The largest absolute Gasteiger partial charge is 0.481 e. The zero-order valence-electron chi connectivity index (χ0n) is 21.8. The number of nitrogens with one attached hydrogen (secondary N) is 1. The van der Waals surface area contributed by atoms with E-state index in [2.05, 4.69) is 53.4 Å².